The smallest absolute Gasteiger partial charge is 0.261 e. The molecule has 1 heterocycles. The summed E-state index contributed by atoms with van der Waals surface area (Å²) in [6.07, 6.45) is 0. The predicted molar refractivity (Wildman–Crippen MR) is 86.5 cm³/mol. The average Bonchev–Trinajstić information content (AvgIpc) is 2.48. The molecule has 3 aromatic rings. The van der Waals surface area contributed by atoms with Gasteiger partial charge in [-0.2, -0.15) is 0 Å². The minimum absolute atomic E-state index is 0.106. The fourth-order valence-electron chi connectivity index (χ4n) is 2.06. The van der Waals surface area contributed by atoms with E-state index in [-0.39, 0.29) is 11.1 Å². The molecule has 6 heteroatoms. The molecule has 0 spiro atoms. The molecular weight excluding hydrogens is 323 g/mol. The lowest BCUT2D eigenvalue weighted by molar-refractivity contribution is 0.102. The highest BCUT2D eigenvalue weighted by atomic mass is 35.5. The Bertz CT molecular complexity index is 921. The SMILES string of the molecule is N=c1oc2c(Cl)cc(Cl)cc2cc1C(=O)Nc1ccccc1. The number of nitrogens with one attached hydrogen (secondary N) is 2. The molecule has 1 aromatic heterocycles. The highest BCUT2D eigenvalue weighted by molar-refractivity contribution is 6.38. The molecule has 0 bridgehead atoms. The maximum atomic E-state index is 12.3. The normalized spacial score (nSPS) is 10.6. The lowest BCUT2D eigenvalue weighted by Crippen LogP contribution is -2.20. The van der Waals surface area contributed by atoms with E-state index >= 15 is 0 Å². The van der Waals surface area contributed by atoms with Crippen molar-refractivity contribution in [3.63, 3.8) is 0 Å². The Morgan fingerprint density at radius 3 is 2.55 bits per heavy atom. The first-order chi connectivity index (χ1) is 10.5. The third kappa shape index (κ3) is 2.84. The molecule has 4 nitrogen and oxygen atoms in total. The number of anilines is 1. The van der Waals surface area contributed by atoms with Crippen molar-refractivity contribution in [2.24, 2.45) is 0 Å². The van der Waals surface area contributed by atoms with Gasteiger partial charge in [-0.3, -0.25) is 10.2 Å². The number of benzene rings is 2. The van der Waals surface area contributed by atoms with Gasteiger partial charge in [0.25, 0.3) is 5.91 Å². The van der Waals surface area contributed by atoms with Crippen LogP contribution in [0.15, 0.2) is 52.9 Å². The van der Waals surface area contributed by atoms with Gasteiger partial charge in [-0.25, -0.2) is 0 Å². The summed E-state index contributed by atoms with van der Waals surface area (Å²) < 4.78 is 5.35. The minimum atomic E-state index is -0.432. The number of hydrogen-bond acceptors (Lipinski definition) is 3. The van der Waals surface area contributed by atoms with E-state index in [0.717, 1.165) is 0 Å². The highest BCUT2D eigenvalue weighted by Gasteiger charge is 2.13. The topological polar surface area (TPSA) is 66.1 Å². The van der Waals surface area contributed by atoms with Gasteiger partial charge >= 0.3 is 0 Å². The maximum absolute atomic E-state index is 12.3. The number of carbonyl (C=O) groups excluding carboxylic acids is 1. The second-order valence-corrected chi connectivity index (χ2v) is 5.46. The fraction of sp³-hybridized carbons (Fsp3) is 0. The van der Waals surface area contributed by atoms with Gasteiger partial charge in [0, 0.05) is 16.1 Å². The second-order valence-electron chi connectivity index (χ2n) is 4.62. The zero-order valence-electron chi connectivity index (χ0n) is 11.2. The summed E-state index contributed by atoms with van der Waals surface area (Å²) in [5.74, 6) is -0.432. The third-order valence-corrected chi connectivity index (χ3v) is 3.56. The van der Waals surface area contributed by atoms with E-state index in [1.54, 1.807) is 18.2 Å². The van der Waals surface area contributed by atoms with Crippen molar-refractivity contribution in [1.82, 2.24) is 0 Å². The van der Waals surface area contributed by atoms with Crippen LogP contribution in [-0.2, 0) is 0 Å². The molecule has 22 heavy (non-hydrogen) atoms. The summed E-state index contributed by atoms with van der Waals surface area (Å²) in [6.45, 7) is 0. The summed E-state index contributed by atoms with van der Waals surface area (Å²) in [6, 6.07) is 13.7. The van der Waals surface area contributed by atoms with Gasteiger partial charge in [0.15, 0.2) is 5.58 Å². The van der Waals surface area contributed by atoms with Crippen LogP contribution >= 0.6 is 23.2 Å². The van der Waals surface area contributed by atoms with Crippen molar-refractivity contribution in [2.45, 2.75) is 0 Å². The number of fused-ring (bicyclic) bond motifs is 1. The molecule has 0 fully saturated rings. The number of para-hydroxylation sites is 1. The van der Waals surface area contributed by atoms with E-state index in [2.05, 4.69) is 5.32 Å². The number of carbonyl (C=O) groups is 1. The van der Waals surface area contributed by atoms with Crippen molar-refractivity contribution in [3.8, 4) is 0 Å². The molecule has 3 rings (SSSR count). The molecule has 2 aromatic carbocycles. The van der Waals surface area contributed by atoms with Crippen LogP contribution in [0.5, 0.6) is 0 Å². The Kier molecular flexibility index (Phi) is 3.88. The molecule has 0 aliphatic heterocycles. The molecule has 110 valence electrons. The standard InChI is InChI=1S/C16H10Cl2N2O2/c17-10-6-9-7-12(15(19)22-14(9)13(18)8-10)16(21)20-11-4-2-1-3-5-11/h1-8,19H,(H,20,21). The molecule has 2 N–H and O–H groups in total. The zero-order valence-corrected chi connectivity index (χ0v) is 12.7. The van der Waals surface area contributed by atoms with Gasteiger partial charge in [-0.05, 0) is 30.3 Å². The highest BCUT2D eigenvalue weighted by Crippen LogP contribution is 2.27. The van der Waals surface area contributed by atoms with Crippen LogP contribution in [0.4, 0.5) is 5.69 Å². The van der Waals surface area contributed by atoms with Crippen LogP contribution in [0.2, 0.25) is 10.0 Å². The van der Waals surface area contributed by atoms with E-state index in [1.165, 1.54) is 12.1 Å². The van der Waals surface area contributed by atoms with E-state index in [9.17, 15) is 4.79 Å². The van der Waals surface area contributed by atoms with Gasteiger partial charge in [0.2, 0.25) is 5.55 Å². The Morgan fingerprint density at radius 2 is 1.82 bits per heavy atom. The van der Waals surface area contributed by atoms with Crippen molar-refractivity contribution < 1.29 is 9.21 Å². The van der Waals surface area contributed by atoms with Gasteiger partial charge in [0.05, 0.1) is 5.02 Å². The summed E-state index contributed by atoms with van der Waals surface area (Å²) in [4.78, 5) is 12.3. The molecule has 0 atom stereocenters. The Labute approximate surface area is 135 Å². The lowest BCUT2D eigenvalue weighted by Gasteiger charge is -2.07. The van der Waals surface area contributed by atoms with Crippen LogP contribution in [0.25, 0.3) is 11.0 Å². The summed E-state index contributed by atoms with van der Waals surface area (Å²) in [7, 11) is 0. The first kappa shape index (κ1) is 14.6. The van der Waals surface area contributed by atoms with Gasteiger partial charge in [-0.1, -0.05) is 41.4 Å². The van der Waals surface area contributed by atoms with Crippen LogP contribution in [0.1, 0.15) is 10.4 Å². The molecule has 0 saturated heterocycles. The van der Waals surface area contributed by atoms with Crippen LogP contribution in [0.3, 0.4) is 0 Å². The third-order valence-electron chi connectivity index (χ3n) is 3.06. The molecule has 0 aliphatic carbocycles. The van der Waals surface area contributed by atoms with Crippen molar-refractivity contribution >= 4 is 45.8 Å². The molecule has 0 saturated carbocycles. The van der Waals surface area contributed by atoms with Gasteiger partial charge in [-0.15, -0.1) is 0 Å². The van der Waals surface area contributed by atoms with Gasteiger partial charge < -0.3 is 9.73 Å². The van der Waals surface area contributed by atoms with E-state index in [1.807, 2.05) is 18.2 Å². The van der Waals surface area contributed by atoms with E-state index in [0.29, 0.717) is 26.7 Å². The zero-order chi connectivity index (χ0) is 15.7. The first-order valence-corrected chi connectivity index (χ1v) is 7.14. The number of amides is 1. The predicted octanol–water partition coefficient (Wildman–Crippen LogP) is 4.47. The Morgan fingerprint density at radius 1 is 1.09 bits per heavy atom. The van der Waals surface area contributed by atoms with Gasteiger partial charge in [0.1, 0.15) is 5.56 Å². The summed E-state index contributed by atoms with van der Waals surface area (Å²) in [5, 5.41) is 11.9. The van der Waals surface area contributed by atoms with Crippen LogP contribution in [0, 0.1) is 5.41 Å². The van der Waals surface area contributed by atoms with Crippen LogP contribution < -0.4 is 10.9 Å². The number of halogens is 2. The maximum Gasteiger partial charge on any atom is 0.261 e. The summed E-state index contributed by atoms with van der Waals surface area (Å²) >= 11 is 12.0. The molecule has 0 unspecified atom stereocenters. The number of hydrogen-bond donors (Lipinski definition) is 2. The molecule has 0 aliphatic rings. The molecule has 1 amide bonds. The average molecular weight is 333 g/mol. The van der Waals surface area contributed by atoms with Crippen LogP contribution in [-0.4, -0.2) is 5.91 Å². The largest absolute Gasteiger partial charge is 0.437 e. The van der Waals surface area contributed by atoms with E-state index < -0.39 is 5.91 Å². The molecule has 0 radical (unpaired) electrons. The minimum Gasteiger partial charge on any atom is -0.437 e. The quantitative estimate of drug-likeness (QED) is 0.726. The van der Waals surface area contributed by atoms with Crippen molar-refractivity contribution in [3.05, 3.63) is 69.7 Å². The fourth-order valence-corrected chi connectivity index (χ4v) is 2.61. The number of rotatable bonds is 2. The molecular formula is C16H10Cl2N2O2. The lowest BCUT2D eigenvalue weighted by atomic mass is 10.1. The van der Waals surface area contributed by atoms with E-state index in [4.69, 9.17) is 33.0 Å². The Balaban J connectivity index is 2.05. The second kappa shape index (κ2) is 5.83. The van der Waals surface area contributed by atoms with Crippen molar-refractivity contribution in [2.75, 3.05) is 5.32 Å². The summed E-state index contributed by atoms with van der Waals surface area (Å²) in [5.41, 5.74) is 0.809. The monoisotopic (exact) mass is 332 g/mol. The first-order valence-electron chi connectivity index (χ1n) is 6.38. The van der Waals surface area contributed by atoms with Crippen molar-refractivity contribution in [1.29, 1.82) is 5.41 Å². The Hall–Kier alpha value is -2.30.